The highest BCUT2D eigenvalue weighted by atomic mass is 16.6. The molecule has 9 nitrogen and oxygen atoms in total. The van der Waals surface area contributed by atoms with E-state index in [4.69, 9.17) is 4.74 Å². The van der Waals surface area contributed by atoms with Crippen molar-refractivity contribution in [2.45, 2.75) is 78.1 Å². The first-order chi connectivity index (χ1) is 14.9. The lowest BCUT2D eigenvalue weighted by molar-refractivity contribution is -0.143. The molecule has 0 fully saturated rings. The number of nitrogens with zero attached hydrogens (tertiary/aromatic N) is 1. The largest absolute Gasteiger partial charge is 0.508 e. The monoisotopic (exact) mass is 451 g/mol. The van der Waals surface area contributed by atoms with Crippen LogP contribution in [-0.4, -0.2) is 63.9 Å². The zero-order chi connectivity index (χ0) is 24.5. The predicted molar refractivity (Wildman–Crippen MR) is 121 cm³/mol. The maximum atomic E-state index is 13.4. The second kappa shape index (κ2) is 12.3. The van der Waals surface area contributed by atoms with Crippen molar-refractivity contribution in [3.05, 3.63) is 29.8 Å². The molecule has 180 valence electrons. The Morgan fingerprint density at radius 3 is 2.25 bits per heavy atom. The number of ether oxygens (including phenoxy) is 1. The summed E-state index contributed by atoms with van der Waals surface area (Å²) in [6.07, 6.45) is 0.466. The van der Waals surface area contributed by atoms with Gasteiger partial charge in [0.1, 0.15) is 23.4 Å². The van der Waals surface area contributed by atoms with Crippen LogP contribution in [0.3, 0.4) is 0 Å². The summed E-state index contributed by atoms with van der Waals surface area (Å²) in [5.41, 5.74) is -0.533. The van der Waals surface area contributed by atoms with Crippen LogP contribution in [0.15, 0.2) is 24.3 Å². The van der Waals surface area contributed by atoms with E-state index in [1.54, 1.807) is 52.8 Å². The van der Waals surface area contributed by atoms with E-state index >= 15 is 0 Å². The third-order valence-corrected chi connectivity index (χ3v) is 4.43. The van der Waals surface area contributed by atoms with Gasteiger partial charge in [-0.15, -0.1) is 0 Å². The number of amides is 3. The Labute approximate surface area is 190 Å². The molecule has 0 spiro atoms. The fourth-order valence-corrected chi connectivity index (χ4v) is 3.06. The molecule has 2 atom stereocenters. The van der Waals surface area contributed by atoms with Gasteiger partial charge in [0.2, 0.25) is 11.8 Å². The number of unbranched alkanes of at least 4 members (excludes halogenated alkanes) is 1. The molecule has 1 aromatic rings. The molecule has 0 radical (unpaired) electrons. The van der Waals surface area contributed by atoms with Crippen LogP contribution in [0.1, 0.15) is 66.0 Å². The van der Waals surface area contributed by atoms with Gasteiger partial charge in [-0.05, 0) is 47.1 Å². The minimum Gasteiger partial charge on any atom is -0.508 e. The van der Waals surface area contributed by atoms with Crippen molar-refractivity contribution in [3.8, 4) is 5.75 Å². The highest BCUT2D eigenvalue weighted by molar-refractivity contribution is 5.92. The van der Waals surface area contributed by atoms with Gasteiger partial charge in [0.15, 0.2) is 0 Å². The first kappa shape index (κ1) is 27.2. The van der Waals surface area contributed by atoms with Crippen molar-refractivity contribution in [1.82, 2.24) is 15.5 Å². The average molecular weight is 452 g/mol. The number of benzene rings is 1. The number of alkyl carbamates (subject to hydrolysis) is 1. The second-order valence-corrected chi connectivity index (χ2v) is 8.89. The summed E-state index contributed by atoms with van der Waals surface area (Å²) in [7, 11) is 0. The maximum Gasteiger partial charge on any atom is 0.408 e. The second-order valence-electron chi connectivity index (χ2n) is 8.89. The Balaban J connectivity index is 3.36. The molecule has 0 aliphatic rings. The van der Waals surface area contributed by atoms with E-state index in [-0.39, 0.29) is 23.9 Å². The molecule has 1 aromatic carbocycles. The molecule has 0 saturated carbocycles. The molecule has 0 saturated heterocycles. The SMILES string of the molecule is CCCCN(C(=O)C(CO)NC(=O)OC(C)(C)C)C(C(=O)NC(C)C)c1ccccc1O. The summed E-state index contributed by atoms with van der Waals surface area (Å²) in [5.74, 6) is -1.26. The molecule has 0 aromatic heterocycles. The number of aliphatic hydroxyl groups is 1. The van der Waals surface area contributed by atoms with Gasteiger partial charge in [-0.1, -0.05) is 31.5 Å². The van der Waals surface area contributed by atoms with Crippen molar-refractivity contribution in [2.75, 3.05) is 13.2 Å². The average Bonchev–Trinajstić information content (AvgIpc) is 2.67. The molecule has 9 heteroatoms. The standard InChI is InChI=1S/C23H37N3O6/c1-7-8-13-26(21(30)17(14-27)25-22(31)32-23(4,5)6)19(20(29)24-15(2)3)16-11-9-10-12-18(16)28/h9-12,15,17,19,27-28H,7-8,13-14H2,1-6H3,(H,24,29)(H,25,31). The molecule has 0 aliphatic carbocycles. The zero-order valence-corrected chi connectivity index (χ0v) is 19.8. The zero-order valence-electron chi connectivity index (χ0n) is 19.8. The maximum absolute atomic E-state index is 13.4. The number of phenols is 1. The fraction of sp³-hybridized carbons (Fsp3) is 0.609. The summed E-state index contributed by atoms with van der Waals surface area (Å²) in [4.78, 5) is 40.1. The topological polar surface area (TPSA) is 128 Å². The van der Waals surface area contributed by atoms with E-state index in [0.717, 1.165) is 6.42 Å². The molecule has 0 aliphatic heterocycles. The normalized spacial score (nSPS) is 13.2. The number of carbonyl (C=O) groups is 3. The minimum atomic E-state index is -1.32. The Morgan fingerprint density at radius 2 is 1.75 bits per heavy atom. The lowest BCUT2D eigenvalue weighted by atomic mass is 10.0. The number of carbonyl (C=O) groups excluding carboxylic acids is 3. The van der Waals surface area contributed by atoms with Crippen molar-refractivity contribution < 1.29 is 29.3 Å². The van der Waals surface area contributed by atoms with Crippen molar-refractivity contribution >= 4 is 17.9 Å². The van der Waals surface area contributed by atoms with Crippen LogP contribution in [0.25, 0.3) is 0 Å². The molecule has 0 bridgehead atoms. The van der Waals surface area contributed by atoms with Gasteiger partial charge in [-0.25, -0.2) is 4.79 Å². The van der Waals surface area contributed by atoms with Gasteiger partial charge < -0.3 is 30.5 Å². The predicted octanol–water partition coefficient (Wildman–Crippen LogP) is 2.47. The summed E-state index contributed by atoms with van der Waals surface area (Å²) in [5, 5.41) is 25.4. The summed E-state index contributed by atoms with van der Waals surface area (Å²) >= 11 is 0. The highest BCUT2D eigenvalue weighted by Crippen LogP contribution is 2.30. The van der Waals surface area contributed by atoms with Crippen LogP contribution in [0.5, 0.6) is 5.75 Å². The van der Waals surface area contributed by atoms with Gasteiger partial charge in [0.25, 0.3) is 0 Å². The van der Waals surface area contributed by atoms with E-state index in [1.807, 2.05) is 6.92 Å². The van der Waals surface area contributed by atoms with E-state index in [2.05, 4.69) is 10.6 Å². The third-order valence-electron chi connectivity index (χ3n) is 4.43. The summed E-state index contributed by atoms with van der Waals surface area (Å²) in [6, 6.07) is 3.63. The number of phenolic OH excluding ortho intramolecular Hbond substituents is 1. The Bertz CT molecular complexity index is 775. The first-order valence-electron chi connectivity index (χ1n) is 10.9. The number of hydrogen-bond donors (Lipinski definition) is 4. The third kappa shape index (κ3) is 8.37. The molecule has 1 rings (SSSR count). The number of nitrogens with one attached hydrogen (secondary N) is 2. The number of aliphatic hydroxyl groups excluding tert-OH is 1. The van der Waals surface area contributed by atoms with Gasteiger partial charge >= 0.3 is 6.09 Å². The minimum absolute atomic E-state index is 0.133. The Kier molecular flexibility index (Phi) is 10.5. The first-order valence-corrected chi connectivity index (χ1v) is 10.9. The number of aromatic hydroxyl groups is 1. The van der Waals surface area contributed by atoms with E-state index < -0.39 is 42.2 Å². The smallest absolute Gasteiger partial charge is 0.408 e. The number of para-hydroxylation sites is 1. The summed E-state index contributed by atoms with van der Waals surface area (Å²) in [6.45, 7) is 10.1. The number of rotatable bonds is 10. The number of hydrogen-bond acceptors (Lipinski definition) is 6. The van der Waals surface area contributed by atoms with Crippen LogP contribution in [0, 0.1) is 0 Å². The van der Waals surface area contributed by atoms with Gasteiger partial charge in [-0.3, -0.25) is 9.59 Å². The van der Waals surface area contributed by atoms with Crippen LogP contribution >= 0.6 is 0 Å². The molecule has 3 amide bonds. The molecule has 2 unspecified atom stereocenters. The fourth-order valence-electron chi connectivity index (χ4n) is 3.06. The molecule has 4 N–H and O–H groups in total. The lowest BCUT2D eigenvalue weighted by Gasteiger charge is -2.34. The van der Waals surface area contributed by atoms with E-state index in [9.17, 15) is 24.6 Å². The van der Waals surface area contributed by atoms with Crippen molar-refractivity contribution in [3.63, 3.8) is 0 Å². The Morgan fingerprint density at radius 1 is 1.12 bits per heavy atom. The molecular formula is C23H37N3O6. The quantitative estimate of drug-likeness (QED) is 0.433. The molecule has 0 heterocycles. The van der Waals surface area contributed by atoms with Crippen molar-refractivity contribution in [2.24, 2.45) is 0 Å². The lowest BCUT2D eigenvalue weighted by Crippen LogP contribution is -2.55. The van der Waals surface area contributed by atoms with Crippen LogP contribution in [0.4, 0.5) is 4.79 Å². The van der Waals surface area contributed by atoms with Gasteiger partial charge in [0, 0.05) is 18.2 Å². The highest BCUT2D eigenvalue weighted by Gasteiger charge is 2.37. The van der Waals surface area contributed by atoms with Gasteiger partial charge in [0.05, 0.1) is 6.61 Å². The van der Waals surface area contributed by atoms with E-state index in [1.165, 1.54) is 11.0 Å². The molecular weight excluding hydrogens is 414 g/mol. The Hall–Kier alpha value is -2.81. The van der Waals surface area contributed by atoms with Crippen LogP contribution in [-0.2, 0) is 14.3 Å². The van der Waals surface area contributed by atoms with Crippen LogP contribution in [0.2, 0.25) is 0 Å². The van der Waals surface area contributed by atoms with Gasteiger partial charge in [-0.2, -0.15) is 0 Å². The summed E-state index contributed by atoms with van der Waals surface area (Å²) < 4.78 is 5.19. The van der Waals surface area contributed by atoms with Crippen molar-refractivity contribution in [1.29, 1.82) is 0 Å². The molecule has 32 heavy (non-hydrogen) atoms. The van der Waals surface area contributed by atoms with E-state index in [0.29, 0.717) is 6.42 Å². The van der Waals surface area contributed by atoms with Crippen LogP contribution < -0.4 is 10.6 Å².